The fourth-order valence-electron chi connectivity index (χ4n) is 2.61. The van der Waals surface area contributed by atoms with Gasteiger partial charge in [0.25, 0.3) is 0 Å². The summed E-state index contributed by atoms with van der Waals surface area (Å²) in [6, 6.07) is 11.0. The van der Waals surface area contributed by atoms with E-state index in [-0.39, 0.29) is 5.91 Å². The third-order valence-electron chi connectivity index (χ3n) is 3.83. The van der Waals surface area contributed by atoms with E-state index in [1.807, 2.05) is 12.1 Å². The molecular weight excluding hydrogens is 320 g/mol. The molecule has 6 nitrogen and oxygen atoms in total. The molecule has 0 aliphatic carbocycles. The molecule has 130 valence electrons. The number of rotatable bonds is 6. The number of anilines is 1. The van der Waals surface area contributed by atoms with Crippen LogP contribution >= 0.6 is 0 Å². The molecule has 6 heteroatoms. The first-order valence-corrected chi connectivity index (χ1v) is 7.96. The molecule has 1 amide bonds. The van der Waals surface area contributed by atoms with Crippen LogP contribution in [-0.4, -0.2) is 25.1 Å². The number of methoxy groups -OCH3 is 2. The van der Waals surface area contributed by atoms with E-state index in [0.717, 1.165) is 11.1 Å². The molecule has 2 aromatic carbocycles. The molecule has 3 aromatic rings. The Morgan fingerprint density at radius 1 is 1.12 bits per heavy atom. The van der Waals surface area contributed by atoms with Gasteiger partial charge in [-0.05, 0) is 42.3 Å². The molecule has 0 saturated heterocycles. The molecule has 0 aliphatic heterocycles. The van der Waals surface area contributed by atoms with Crippen LogP contribution in [0.4, 0.5) is 5.69 Å². The third kappa shape index (κ3) is 4.09. The van der Waals surface area contributed by atoms with Crippen LogP contribution in [-0.2, 0) is 11.2 Å². The lowest BCUT2D eigenvalue weighted by atomic mass is 10.1. The van der Waals surface area contributed by atoms with Crippen LogP contribution in [0, 0.1) is 6.92 Å². The highest BCUT2D eigenvalue weighted by Crippen LogP contribution is 2.24. The molecule has 0 spiro atoms. The Morgan fingerprint density at radius 3 is 2.52 bits per heavy atom. The molecule has 0 bridgehead atoms. The van der Waals surface area contributed by atoms with Crippen molar-refractivity contribution >= 4 is 22.7 Å². The van der Waals surface area contributed by atoms with Gasteiger partial charge in [-0.1, -0.05) is 0 Å². The van der Waals surface area contributed by atoms with E-state index < -0.39 is 0 Å². The van der Waals surface area contributed by atoms with E-state index in [2.05, 4.69) is 10.3 Å². The Balaban J connectivity index is 1.64. The van der Waals surface area contributed by atoms with E-state index in [1.165, 1.54) is 0 Å². The number of carbonyl (C=O) groups is 1. The van der Waals surface area contributed by atoms with Crippen molar-refractivity contribution in [1.82, 2.24) is 4.98 Å². The van der Waals surface area contributed by atoms with Crippen molar-refractivity contribution in [2.45, 2.75) is 19.8 Å². The number of hydrogen-bond acceptors (Lipinski definition) is 5. The fraction of sp³-hybridized carbons (Fsp3) is 0.263. The predicted molar refractivity (Wildman–Crippen MR) is 95.2 cm³/mol. The summed E-state index contributed by atoms with van der Waals surface area (Å²) in [5, 5.41) is 2.89. The lowest BCUT2D eigenvalue weighted by Crippen LogP contribution is -2.12. The molecule has 1 aromatic heterocycles. The minimum Gasteiger partial charge on any atom is -0.497 e. The fourth-order valence-corrected chi connectivity index (χ4v) is 2.61. The van der Waals surface area contributed by atoms with Gasteiger partial charge in [0, 0.05) is 25.1 Å². The van der Waals surface area contributed by atoms with E-state index in [0.29, 0.717) is 41.5 Å². The maximum atomic E-state index is 12.2. The zero-order valence-electron chi connectivity index (χ0n) is 14.5. The van der Waals surface area contributed by atoms with Crippen LogP contribution in [0.2, 0.25) is 0 Å². The predicted octanol–water partition coefficient (Wildman–Crippen LogP) is 3.72. The number of amides is 1. The van der Waals surface area contributed by atoms with Gasteiger partial charge in [-0.3, -0.25) is 4.79 Å². The van der Waals surface area contributed by atoms with Gasteiger partial charge in [0.2, 0.25) is 5.91 Å². The second-order valence-corrected chi connectivity index (χ2v) is 5.68. The number of ether oxygens (including phenoxy) is 2. The van der Waals surface area contributed by atoms with Crippen LogP contribution in [0.15, 0.2) is 40.8 Å². The first-order chi connectivity index (χ1) is 12.1. The minimum atomic E-state index is -0.0682. The van der Waals surface area contributed by atoms with Crippen molar-refractivity contribution in [2.24, 2.45) is 0 Å². The number of fused-ring (bicyclic) bond motifs is 1. The Kier molecular flexibility index (Phi) is 4.88. The summed E-state index contributed by atoms with van der Waals surface area (Å²) in [7, 11) is 3.21. The minimum absolute atomic E-state index is 0.0682. The topological polar surface area (TPSA) is 73.6 Å². The molecule has 0 unspecified atom stereocenters. The van der Waals surface area contributed by atoms with Gasteiger partial charge in [0.05, 0.1) is 14.2 Å². The summed E-state index contributed by atoms with van der Waals surface area (Å²) in [5.74, 6) is 1.95. The van der Waals surface area contributed by atoms with E-state index in [1.54, 1.807) is 45.4 Å². The largest absolute Gasteiger partial charge is 0.497 e. The van der Waals surface area contributed by atoms with Crippen molar-refractivity contribution in [1.29, 1.82) is 0 Å². The number of carbonyl (C=O) groups excluding carboxylic acids is 1. The maximum absolute atomic E-state index is 12.2. The number of nitrogens with zero attached hydrogens (tertiary/aromatic N) is 1. The summed E-state index contributed by atoms with van der Waals surface area (Å²) in [4.78, 5) is 16.5. The normalized spacial score (nSPS) is 10.7. The van der Waals surface area contributed by atoms with Crippen molar-refractivity contribution < 1.29 is 18.7 Å². The van der Waals surface area contributed by atoms with Gasteiger partial charge in [0.1, 0.15) is 17.0 Å². The molecular formula is C19H20N2O4. The van der Waals surface area contributed by atoms with Gasteiger partial charge in [0.15, 0.2) is 11.5 Å². The molecule has 25 heavy (non-hydrogen) atoms. The molecule has 0 aliphatic rings. The number of aryl methyl sites for hydroxylation is 2. The highest BCUT2D eigenvalue weighted by atomic mass is 16.5. The summed E-state index contributed by atoms with van der Waals surface area (Å²) in [6.45, 7) is 1.79. The number of nitrogens with one attached hydrogen (secondary N) is 1. The number of hydrogen-bond donors (Lipinski definition) is 1. The molecule has 0 saturated carbocycles. The number of aromatic nitrogens is 1. The van der Waals surface area contributed by atoms with Crippen LogP contribution in [0.1, 0.15) is 17.9 Å². The van der Waals surface area contributed by atoms with Crippen molar-refractivity contribution in [3.8, 4) is 11.5 Å². The second kappa shape index (κ2) is 7.25. The molecule has 3 rings (SSSR count). The van der Waals surface area contributed by atoms with Crippen LogP contribution < -0.4 is 14.8 Å². The summed E-state index contributed by atoms with van der Waals surface area (Å²) in [6.07, 6.45) is 0.941. The van der Waals surface area contributed by atoms with Gasteiger partial charge in [-0.2, -0.15) is 0 Å². The lowest BCUT2D eigenvalue weighted by Gasteiger charge is -2.09. The zero-order chi connectivity index (χ0) is 17.8. The average Bonchev–Trinajstić information content (AvgIpc) is 2.98. The smallest absolute Gasteiger partial charge is 0.224 e. The van der Waals surface area contributed by atoms with Gasteiger partial charge in [-0.15, -0.1) is 0 Å². The Bertz CT molecular complexity index is 879. The lowest BCUT2D eigenvalue weighted by molar-refractivity contribution is -0.116. The highest BCUT2D eigenvalue weighted by molar-refractivity contribution is 5.92. The highest BCUT2D eigenvalue weighted by Gasteiger charge is 2.08. The first-order valence-electron chi connectivity index (χ1n) is 7.96. The average molecular weight is 340 g/mol. The molecule has 0 fully saturated rings. The molecule has 0 atom stereocenters. The maximum Gasteiger partial charge on any atom is 0.224 e. The molecule has 1 heterocycles. The Morgan fingerprint density at radius 2 is 1.84 bits per heavy atom. The van der Waals surface area contributed by atoms with Gasteiger partial charge < -0.3 is 19.2 Å². The summed E-state index contributed by atoms with van der Waals surface area (Å²) < 4.78 is 15.9. The second-order valence-electron chi connectivity index (χ2n) is 5.68. The summed E-state index contributed by atoms with van der Waals surface area (Å²) >= 11 is 0. The van der Waals surface area contributed by atoms with E-state index in [9.17, 15) is 4.79 Å². The molecule has 1 N–H and O–H groups in total. The van der Waals surface area contributed by atoms with Gasteiger partial charge in [-0.25, -0.2) is 4.98 Å². The van der Waals surface area contributed by atoms with Crippen molar-refractivity contribution in [3.63, 3.8) is 0 Å². The third-order valence-corrected chi connectivity index (χ3v) is 3.83. The van der Waals surface area contributed by atoms with Crippen molar-refractivity contribution in [3.05, 3.63) is 47.9 Å². The Labute approximate surface area is 145 Å². The standard InChI is InChI=1S/C19H20N2O4/c1-12-20-17-10-14(5-6-18(17)25-12)21-19(22)7-4-13-8-15(23-2)11-16(9-13)24-3/h5-6,8-11H,4,7H2,1-3H3,(H,21,22). The van der Waals surface area contributed by atoms with Crippen LogP contribution in [0.3, 0.4) is 0 Å². The molecule has 0 radical (unpaired) electrons. The van der Waals surface area contributed by atoms with Crippen LogP contribution in [0.5, 0.6) is 11.5 Å². The van der Waals surface area contributed by atoms with Crippen molar-refractivity contribution in [2.75, 3.05) is 19.5 Å². The van der Waals surface area contributed by atoms with E-state index in [4.69, 9.17) is 13.9 Å². The quantitative estimate of drug-likeness (QED) is 0.740. The van der Waals surface area contributed by atoms with E-state index >= 15 is 0 Å². The number of oxazole rings is 1. The first kappa shape index (κ1) is 16.8. The Hall–Kier alpha value is -3.02. The van der Waals surface area contributed by atoms with Crippen LogP contribution in [0.25, 0.3) is 11.1 Å². The summed E-state index contributed by atoms with van der Waals surface area (Å²) in [5.41, 5.74) is 3.12. The monoisotopic (exact) mass is 340 g/mol. The number of benzene rings is 2. The van der Waals surface area contributed by atoms with Gasteiger partial charge >= 0.3 is 0 Å². The SMILES string of the molecule is COc1cc(CCC(=O)Nc2ccc3oc(C)nc3c2)cc(OC)c1. The zero-order valence-corrected chi connectivity index (χ0v) is 14.5.